The van der Waals surface area contributed by atoms with Crippen molar-refractivity contribution in [2.45, 2.75) is 38.3 Å². The van der Waals surface area contributed by atoms with Crippen LogP contribution in [0.15, 0.2) is 60.8 Å². The number of amides is 1. The van der Waals surface area contributed by atoms with E-state index in [0.717, 1.165) is 31.4 Å². The van der Waals surface area contributed by atoms with Gasteiger partial charge in [0.15, 0.2) is 0 Å². The Bertz CT molecular complexity index is 971. The second kappa shape index (κ2) is 9.14. The summed E-state index contributed by atoms with van der Waals surface area (Å²) < 4.78 is 7.69. The molecule has 0 spiro atoms. The SMILES string of the molecule is O=C(CCOc1cccc(Cl)c1)NC1CCCc2c1cnn2Cc1ccccc1. The minimum absolute atomic E-state index is 0.0133. The molecule has 1 aliphatic rings. The van der Waals surface area contributed by atoms with Crippen LogP contribution in [0.3, 0.4) is 0 Å². The molecule has 1 aliphatic carbocycles. The number of hydrogen-bond acceptors (Lipinski definition) is 3. The Kier molecular flexibility index (Phi) is 6.15. The van der Waals surface area contributed by atoms with Crippen LogP contribution < -0.4 is 10.1 Å². The lowest BCUT2D eigenvalue weighted by Gasteiger charge is -2.24. The van der Waals surface area contributed by atoms with Crippen LogP contribution in [0.1, 0.15) is 42.1 Å². The van der Waals surface area contributed by atoms with Gasteiger partial charge in [-0.3, -0.25) is 9.48 Å². The first-order chi connectivity index (χ1) is 14.2. The molecule has 0 saturated heterocycles. The zero-order chi connectivity index (χ0) is 20.1. The Labute approximate surface area is 175 Å². The smallest absolute Gasteiger partial charge is 0.223 e. The maximum atomic E-state index is 12.4. The van der Waals surface area contributed by atoms with Crippen molar-refractivity contribution in [2.24, 2.45) is 0 Å². The van der Waals surface area contributed by atoms with Crippen LogP contribution in [0.25, 0.3) is 0 Å². The third kappa shape index (κ3) is 4.98. The first kappa shape index (κ1) is 19.5. The van der Waals surface area contributed by atoms with Gasteiger partial charge in [0.1, 0.15) is 5.75 Å². The zero-order valence-electron chi connectivity index (χ0n) is 16.2. The second-order valence-electron chi connectivity index (χ2n) is 7.26. The van der Waals surface area contributed by atoms with Gasteiger partial charge >= 0.3 is 0 Å². The molecule has 0 fully saturated rings. The quantitative estimate of drug-likeness (QED) is 0.622. The standard InChI is InChI=1S/C23H24ClN3O2/c24-18-8-4-9-19(14-18)29-13-12-23(28)26-21-10-5-11-22-20(21)15-25-27(22)16-17-6-2-1-3-7-17/h1-4,6-9,14-15,21H,5,10-13,16H2,(H,26,28). The van der Waals surface area contributed by atoms with Crippen LogP contribution in [0, 0.1) is 0 Å². The van der Waals surface area contributed by atoms with Crippen LogP contribution in [0.4, 0.5) is 0 Å². The van der Waals surface area contributed by atoms with Gasteiger partial charge in [0.05, 0.1) is 31.8 Å². The number of aromatic nitrogens is 2. The lowest BCUT2D eigenvalue weighted by molar-refractivity contribution is -0.122. The van der Waals surface area contributed by atoms with E-state index >= 15 is 0 Å². The van der Waals surface area contributed by atoms with Gasteiger partial charge < -0.3 is 10.1 Å². The molecule has 0 bridgehead atoms. The number of benzene rings is 2. The zero-order valence-corrected chi connectivity index (χ0v) is 16.9. The summed E-state index contributed by atoms with van der Waals surface area (Å²) in [5, 5.41) is 8.36. The molecule has 150 valence electrons. The summed E-state index contributed by atoms with van der Waals surface area (Å²) in [5.41, 5.74) is 3.58. The second-order valence-corrected chi connectivity index (χ2v) is 7.69. The van der Waals surface area contributed by atoms with Crippen molar-refractivity contribution >= 4 is 17.5 Å². The van der Waals surface area contributed by atoms with E-state index in [1.165, 1.54) is 11.3 Å². The molecule has 6 heteroatoms. The highest BCUT2D eigenvalue weighted by Gasteiger charge is 2.25. The summed E-state index contributed by atoms with van der Waals surface area (Å²) in [5.74, 6) is 0.660. The normalized spacial score (nSPS) is 15.6. The number of rotatable bonds is 7. The summed E-state index contributed by atoms with van der Waals surface area (Å²) in [7, 11) is 0. The van der Waals surface area contributed by atoms with E-state index in [9.17, 15) is 4.79 Å². The molecule has 0 saturated carbocycles. The van der Waals surface area contributed by atoms with Crippen molar-refractivity contribution < 1.29 is 9.53 Å². The van der Waals surface area contributed by atoms with E-state index in [0.29, 0.717) is 23.8 Å². The fourth-order valence-electron chi connectivity index (χ4n) is 3.75. The molecule has 1 atom stereocenters. The first-order valence-corrected chi connectivity index (χ1v) is 10.3. The maximum Gasteiger partial charge on any atom is 0.223 e. The number of carbonyl (C=O) groups excluding carboxylic acids is 1. The van der Waals surface area contributed by atoms with Gasteiger partial charge in [-0.15, -0.1) is 0 Å². The molecule has 1 unspecified atom stereocenters. The summed E-state index contributed by atoms with van der Waals surface area (Å²) in [6.45, 7) is 1.07. The van der Waals surface area contributed by atoms with Gasteiger partial charge in [-0.05, 0) is 43.0 Å². The maximum absolute atomic E-state index is 12.4. The molecule has 0 radical (unpaired) electrons. The summed E-state index contributed by atoms with van der Waals surface area (Å²) in [6.07, 6.45) is 5.18. The van der Waals surface area contributed by atoms with Crippen molar-refractivity contribution in [2.75, 3.05) is 6.61 Å². The number of halogens is 1. The highest BCUT2D eigenvalue weighted by Crippen LogP contribution is 2.30. The Morgan fingerprint density at radius 3 is 2.90 bits per heavy atom. The summed E-state index contributed by atoms with van der Waals surface area (Å²) >= 11 is 5.95. The van der Waals surface area contributed by atoms with Gasteiger partial charge in [-0.25, -0.2) is 0 Å². The summed E-state index contributed by atoms with van der Waals surface area (Å²) in [4.78, 5) is 12.4. The van der Waals surface area contributed by atoms with Gasteiger partial charge in [0, 0.05) is 16.3 Å². The topological polar surface area (TPSA) is 56.1 Å². The van der Waals surface area contributed by atoms with E-state index in [1.54, 1.807) is 12.1 Å². The van der Waals surface area contributed by atoms with E-state index in [4.69, 9.17) is 16.3 Å². The number of nitrogens with one attached hydrogen (secondary N) is 1. The largest absolute Gasteiger partial charge is 0.493 e. The van der Waals surface area contributed by atoms with Crippen molar-refractivity contribution in [1.29, 1.82) is 0 Å². The van der Waals surface area contributed by atoms with Crippen LogP contribution in [0.2, 0.25) is 5.02 Å². The Hall–Kier alpha value is -2.79. The number of nitrogens with zero attached hydrogens (tertiary/aromatic N) is 2. The first-order valence-electron chi connectivity index (χ1n) is 9.95. The van der Waals surface area contributed by atoms with Crippen molar-refractivity contribution in [1.82, 2.24) is 15.1 Å². The fraction of sp³-hybridized carbons (Fsp3) is 0.304. The molecular formula is C23H24ClN3O2. The highest BCUT2D eigenvalue weighted by atomic mass is 35.5. The minimum atomic E-state index is -0.0133. The van der Waals surface area contributed by atoms with E-state index in [-0.39, 0.29) is 11.9 Å². The Morgan fingerprint density at radius 1 is 1.21 bits per heavy atom. The minimum Gasteiger partial charge on any atom is -0.493 e. The molecule has 5 nitrogen and oxygen atoms in total. The third-order valence-corrected chi connectivity index (χ3v) is 5.40. The number of hydrogen-bond donors (Lipinski definition) is 1. The number of fused-ring (bicyclic) bond motifs is 1. The van der Waals surface area contributed by atoms with Gasteiger partial charge in [0.2, 0.25) is 5.91 Å². The summed E-state index contributed by atoms with van der Waals surface area (Å²) in [6, 6.07) is 17.5. The molecular weight excluding hydrogens is 386 g/mol. The average Bonchev–Trinajstić information content (AvgIpc) is 3.13. The van der Waals surface area contributed by atoms with Gasteiger partial charge in [-0.2, -0.15) is 5.10 Å². The third-order valence-electron chi connectivity index (χ3n) is 5.17. The Balaban J connectivity index is 1.34. The lowest BCUT2D eigenvalue weighted by atomic mass is 9.92. The Morgan fingerprint density at radius 2 is 2.07 bits per heavy atom. The molecule has 1 amide bonds. The lowest BCUT2D eigenvalue weighted by Crippen LogP contribution is -2.31. The highest BCUT2D eigenvalue weighted by molar-refractivity contribution is 6.30. The van der Waals surface area contributed by atoms with Crippen LogP contribution in [-0.2, 0) is 17.8 Å². The van der Waals surface area contributed by atoms with E-state index in [1.807, 2.05) is 36.5 Å². The molecule has 29 heavy (non-hydrogen) atoms. The van der Waals surface area contributed by atoms with E-state index in [2.05, 4.69) is 27.2 Å². The molecule has 1 aromatic heterocycles. The van der Waals surface area contributed by atoms with Crippen molar-refractivity contribution in [3.8, 4) is 5.75 Å². The van der Waals surface area contributed by atoms with Crippen LogP contribution in [0.5, 0.6) is 5.75 Å². The fourth-order valence-corrected chi connectivity index (χ4v) is 3.93. The van der Waals surface area contributed by atoms with Crippen LogP contribution >= 0.6 is 11.6 Å². The van der Waals surface area contributed by atoms with E-state index < -0.39 is 0 Å². The van der Waals surface area contributed by atoms with Crippen molar-refractivity contribution in [3.05, 3.63) is 82.6 Å². The monoisotopic (exact) mass is 409 g/mol. The van der Waals surface area contributed by atoms with Gasteiger partial charge in [0.25, 0.3) is 0 Å². The molecule has 1 N–H and O–H groups in total. The predicted octanol–water partition coefficient (Wildman–Crippen LogP) is 4.55. The predicted molar refractivity (Wildman–Crippen MR) is 113 cm³/mol. The molecule has 2 aromatic carbocycles. The molecule has 1 heterocycles. The number of ether oxygens (including phenoxy) is 1. The molecule has 3 aromatic rings. The van der Waals surface area contributed by atoms with Gasteiger partial charge in [-0.1, -0.05) is 48.0 Å². The number of carbonyl (C=O) groups is 1. The van der Waals surface area contributed by atoms with Crippen molar-refractivity contribution in [3.63, 3.8) is 0 Å². The molecule has 4 rings (SSSR count). The molecule has 0 aliphatic heterocycles. The van der Waals surface area contributed by atoms with Crippen LogP contribution in [-0.4, -0.2) is 22.3 Å². The average molecular weight is 410 g/mol.